The Labute approximate surface area is 125 Å². The van der Waals surface area contributed by atoms with Crippen LogP contribution in [-0.2, 0) is 16.0 Å². The molecular weight excluding hydrogens is 335 g/mol. The fourth-order valence-corrected chi connectivity index (χ4v) is 1.63. The SMILES string of the molecule is CCOC(=O)Cc1c(OC(F)(F)F)ncc(C(F)F)c1[N+](=O)[O-]. The van der Waals surface area contributed by atoms with Gasteiger partial charge in [0.25, 0.3) is 12.1 Å². The number of halogens is 5. The van der Waals surface area contributed by atoms with Crippen molar-refractivity contribution in [3.05, 3.63) is 27.4 Å². The molecule has 12 heteroatoms. The quantitative estimate of drug-likeness (QED) is 0.341. The van der Waals surface area contributed by atoms with Gasteiger partial charge in [-0.1, -0.05) is 0 Å². The first-order chi connectivity index (χ1) is 10.6. The summed E-state index contributed by atoms with van der Waals surface area (Å²) in [6, 6.07) is 0. The number of carbonyl (C=O) groups is 1. The van der Waals surface area contributed by atoms with E-state index in [-0.39, 0.29) is 12.8 Å². The van der Waals surface area contributed by atoms with E-state index in [1.807, 2.05) is 0 Å². The molecule has 1 rings (SSSR count). The standard InChI is InChI=1S/C11H9F5N2O5/c1-2-22-7(19)3-5-8(18(20)21)6(9(12)13)4-17-10(5)23-11(14,15)16/h4,9H,2-3H2,1H3. The van der Waals surface area contributed by atoms with E-state index in [2.05, 4.69) is 14.5 Å². The smallest absolute Gasteiger partial charge is 0.466 e. The van der Waals surface area contributed by atoms with Gasteiger partial charge in [-0.3, -0.25) is 14.9 Å². The number of hydrogen-bond donors (Lipinski definition) is 0. The molecule has 0 spiro atoms. The molecule has 0 aliphatic rings. The van der Waals surface area contributed by atoms with Crippen LogP contribution in [0, 0.1) is 10.1 Å². The summed E-state index contributed by atoms with van der Waals surface area (Å²) in [7, 11) is 0. The summed E-state index contributed by atoms with van der Waals surface area (Å²) in [6.45, 7) is 1.22. The Morgan fingerprint density at radius 1 is 1.43 bits per heavy atom. The molecule has 0 saturated heterocycles. The normalized spacial score (nSPS) is 11.4. The third-order valence-electron chi connectivity index (χ3n) is 2.39. The van der Waals surface area contributed by atoms with Crippen LogP contribution in [0.5, 0.6) is 5.88 Å². The summed E-state index contributed by atoms with van der Waals surface area (Å²) in [6.07, 6.45) is -9.55. The van der Waals surface area contributed by atoms with E-state index in [0.29, 0.717) is 0 Å². The van der Waals surface area contributed by atoms with E-state index in [1.54, 1.807) is 0 Å². The lowest BCUT2D eigenvalue weighted by Gasteiger charge is -2.13. The number of pyridine rings is 1. The van der Waals surface area contributed by atoms with E-state index in [1.165, 1.54) is 6.92 Å². The van der Waals surface area contributed by atoms with Gasteiger partial charge in [-0.25, -0.2) is 13.8 Å². The highest BCUT2D eigenvalue weighted by atomic mass is 19.4. The number of ether oxygens (including phenoxy) is 2. The van der Waals surface area contributed by atoms with Gasteiger partial charge in [-0.15, -0.1) is 13.2 Å². The summed E-state index contributed by atoms with van der Waals surface area (Å²) in [4.78, 5) is 24.0. The molecule has 1 heterocycles. The van der Waals surface area contributed by atoms with Crippen LogP contribution in [-0.4, -0.2) is 28.8 Å². The van der Waals surface area contributed by atoms with Gasteiger partial charge in [0.1, 0.15) is 11.1 Å². The zero-order chi connectivity index (χ0) is 17.8. The highest BCUT2D eigenvalue weighted by Gasteiger charge is 2.37. The largest absolute Gasteiger partial charge is 0.574 e. The Bertz CT molecular complexity index is 605. The van der Waals surface area contributed by atoms with Crippen LogP contribution < -0.4 is 4.74 Å². The zero-order valence-electron chi connectivity index (χ0n) is 11.4. The number of alkyl halides is 5. The van der Waals surface area contributed by atoms with E-state index in [0.717, 1.165) is 0 Å². The van der Waals surface area contributed by atoms with E-state index in [9.17, 15) is 36.9 Å². The number of rotatable bonds is 6. The summed E-state index contributed by atoms with van der Waals surface area (Å²) < 4.78 is 70.4. The molecule has 7 nitrogen and oxygen atoms in total. The maximum absolute atomic E-state index is 12.8. The predicted molar refractivity (Wildman–Crippen MR) is 62.9 cm³/mol. The van der Waals surface area contributed by atoms with Gasteiger partial charge in [0.15, 0.2) is 0 Å². The number of aromatic nitrogens is 1. The molecule has 0 N–H and O–H groups in total. The van der Waals surface area contributed by atoms with Gasteiger partial charge in [-0.05, 0) is 6.92 Å². The minimum Gasteiger partial charge on any atom is -0.466 e. The van der Waals surface area contributed by atoms with Crippen molar-refractivity contribution in [3.63, 3.8) is 0 Å². The van der Waals surface area contributed by atoms with Crippen molar-refractivity contribution in [2.45, 2.75) is 26.1 Å². The van der Waals surface area contributed by atoms with Crippen molar-refractivity contribution in [1.82, 2.24) is 4.98 Å². The van der Waals surface area contributed by atoms with Crippen LogP contribution in [0.4, 0.5) is 27.6 Å². The number of nitrogens with zero attached hydrogens (tertiary/aromatic N) is 2. The number of nitro groups is 1. The molecule has 1 aromatic rings. The second-order valence-electron chi connectivity index (χ2n) is 3.93. The van der Waals surface area contributed by atoms with Gasteiger partial charge >= 0.3 is 12.3 Å². The Kier molecular flexibility index (Phi) is 5.76. The maximum atomic E-state index is 12.8. The van der Waals surface area contributed by atoms with Crippen molar-refractivity contribution in [3.8, 4) is 5.88 Å². The molecule has 0 aromatic carbocycles. The summed E-state index contributed by atoms with van der Waals surface area (Å²) in [5.41, 5.74) is -3.64. The lowest BCUT2D eigenvalue weighted by molar-refractivity contribution is -0.387. The van der Waals surface area contributed by atoms with Crippen LogP contribution in [0.2, 0.25) is 0 Å². The lowest BCUT2D eigenvalue weighted by Crippen LogP contribution is -2.21. The predicted octanol–water partition coefficient (Wildman–Crippen LogP) is 2.93. The summed E-state index contributed by atoms with van der Waals surface area (Å²) in [5.74, 6) is -2.52. The van der Waals surface area contributed by atoms with Gasteiger partial charge in [0.2, 0.25) is 5.88 Å². The minimum absolute atomic E-state index is 0.163. The fraction of sp³-hybridized carbons (Fsp3) is 0.455. The van der Waals surface area contributed by atoms with E-state index in [4.69, 9.17) is 0 Å². The van der Waals surface area contributed by atoms with Gasteiger partial charge in [0.05, 0.1) is 18.0 Å². The highest BCUT2D eigenvalue weighted by molar-refractivity contribution is 5.75. The molecule has 0 saturated carbocycles. The third-order valence-corrected chi connectivity index (χ3v) is 2.39. The maximum Gasteiger partial charge on any atom is 0.574 e. The minimum atomic E-state index is -5.28. The molecular formula is C11H9F5N2O5. The second kappa shape index (κ2) is 7.15. The molecule has 1 aromatic heterocycles. The van der Waals surface area contributed by atoms with Crippen molar-refractivity contribution >= 4 is 11.7 Å². The van der Waals surface area contributed by atoms with Crippen LogP contribution in [0.1, 0.15) is 24.5 Å². The Morgan fingerprint density at radius 3 is 2.48 bits per heavy atom. The van der Waals surface area contributed by atoms with Crippen molar-refractivity contribution < 1.29 is 41.1 Å². The number of carbonyl (C=O) groups excluding carboxylic acids is 1. The van der Waals surface area contributed by atoms with Crippen molar-refractivity contribution in [2.75, 3.05) is 6.61 Å². The van der Waals surface area contributed by atoms with Crippen molar-refractivity contribution in [2.24, 2.45) is 0 Å². The Hall–Kier alpha value is -2.53. The number of esters is 1. The van der Waals surface area contributed by atoms with Gasteiger partial charge in [-0.2, -0.15) is 0 Å². The van der Waals surface area contributed by atoms with Crippen LogP contribution in [0.3, 0.4) is 0 Å². The summed E-state index contributed by atoms with van der Waals surface area (Å²) in [5, 5.41) is 11.0. The third kappa shape index (κ3) is 5.00. The number of hydrogen-bond acceptors (Lipinski definition) is 6. The Balaban J connectivity index is 3.49. The fourth-order valence-electron chi connectivity index (χ4n) is 1.63. The van der Waals surface area contributed by atoms with Crippen LogP contribution in [0.25, 0.3) is 0 Å². The van der Waals surface area contributed by atoms with Gasteiger partial charge < -0.3 is 9.47 Å². The highest BCUT2D eigenvalue weighted by Crippen LogP contribution is 2.37. The first-order valence-corrected chi connectivity index (χ1v) is 5.92. The molecule has 0 radical (unpaired) electrons. The average Bonchev–Trinajstić information content (AvgIpc) is 2.38. The Morgan fingerprint density at radius 2 is 2.04 bits per heavy atom. The first-order valence-electron chi connectivity index (χ1n) is 5.92. The molecule has 0 unspecified atom stereocenters. The molecule has 0 aliphatic heterocycles. The molecule has 0 fully saturated rings. The zero-order valence-corrected chi connectivity index (χ0v) is 11.4. The van der Waals surface area contributed by atoms with Crippen LogP contribution in [0.15, 0.2) is 6.20 Å². The van der Waals surface area contributed by atoms with Gasteiger partial charge in [0, 0.05) is 6.20 Å². The monoisotopic (exact) mass is 344 g/mol. The molecule has 0 aliphatic carbocycles. The first kappa shape index (κ1) is 18.5. The lowest BCUT2D eigenvalue weighted by atomic mass is 10.1. The van der Waals surface area contributed by atoms with Crippen LogP contribution >= 0.6 is 0 Å². The molecule has 128 valence electrons. The summed E-state index contributed by atoms with van der Waals surface area (Å²) >= 11 is 0. The molecule has 0 bridgehead atoms. The topological polar surface area (TPSA) is 91.6 Å². The molecule has 0 atom stereocenters. The molecule has 0 amide bonds. The molecule has 23 heavy (non-hydrogen) atoms. The second-order valence-corrected chi connectivity index (χ2v) is 3.93. The van der Waals surface area contributed by atoms with E-state index < -0.39 is 52.8 Å². The average molecular weight is 344 g/mol. The van der Waals surface area contributed by atoms with Crippen molar-refractivity contribution in [1.29, 1.82) is 0 Å². The van der Waals surface area contributed by atoms with E-state index >= 15 is 0 Å².